The van der Waals surface area contributed by atoms with Gasteiger partial charge in [-0.05, 0) is 47.5 Å². The number of nitrogens with one attached hydrogen (secondary N) is 1. The van der Waals surface area contributed by atoms with Crippen LogP contribution in [0.3, 0.4) is 0 Å². The van der Waals surface area contributed by atoms with Crippen LogP contribution >= 0.6 is 11.8 Å². The van der Waals surface area contributed by atoms with Crippen LogP contribution in [-0.2, 0) is 16.0 Å². The van der Waals surface area contributed by atoms with Crippen LogP contribution in [-0.4, -0.2) is 36.5 Å². The van der Waals surface area contributed by atoms with Crippen molar-refractivity contribution in [2.45, 2.75) is 23.8 Å². The molecule has 0 aromatic heterocycles. The van der Waals surface area contributed by atoms with E-state index in [9.17, 15) is 14.7 Å². The molecule has 6 nitrogen and oxygen atoms in total. The lowest BCUT2D eigenvalue weighted by molar-refractivity contribution is -0.142. The van der Waals surface area contributed by atoms with Gasteiger partial charge >= 0.3 is 5.97 Å². The molecule has 2 aromatic rings. The minimum absolute atomic E-state index is 0.231. The average Bonchev–Trinajstić information content (AvgIpc) is 3.14. The van der Waals surface area contributed by atoms with E-state index in [1.807, 2.05) is 24.3 Å². The highest BCUT2D eigenvalue weighted by Crippen LogP contribution is 2.28. The van der Waals surface area contributed by atoms with Crippen molar-refractivity contribution in [3.63, 3.8) is 0 Å². The number of ether oxygens (including phenoxy) is 2. The lowest BCUT2D eigenvalue weighted by atomic mass is 10.0. The molecule has 3 rings (SSSR count). The fraction of sp³-hybridized carbons (Fsp3) is 0.300. The van der Waals surface area contributed by atoms with Crippen molar-refractivity contribution in [3.8, 4) is 11.5 Å². The van der Waals surface area contributed by atoms with Gasteiger partial charge in [-0.2, -0.15) is 0 Å². The van der Waals surface area contributed by atoms with E-state index in [4.69, 9.17) is 9.47 Å². The molecule has 0 aliphatic carbocycles. The Morgan fingerprint density at radius 2 is 2.04 bits per heavy atom. The summed E-state index contributed by atoms with van der Waals surface area (Å²) in [5.74, 6) is 0.749. The number of amides is 1. The number of hydrogen-bond acceptors (Lipinski definition) is 5. The number of rotatable bonds is 8. The van der Waals surface area contributed by atoms with Gasteiger partial charge in [0.25, 0.3) is 0 Å². The molecule has 1 aliphatic heterocycles. The van der Waals surface area contributed by atoms with E-state index < -0.39 is 12.0 Å². The summed E-state index contributed by atoms with van der Waals surface area (Å²) >= 11 is 1.54. The van der Waals surface area contributed by atoms with Crippen LogP contribution in [0.2, 0.25) is 0 Å². The average molecular weight is 387 g/mol. The maximum Gasteiger partial charge on any atom is 0.330 e. The minimum atomic E-state index is -1.08. The minimum Gasteiger partial charge on any atom is -0.497 e. The van der Waals surface area contributed by atoms with Gasteiger partial charge in [-0.1, -0.05) is 6.07 Å². The van der Waals surface area contributed by atoms with Crippen LogP contribution < -0.4 is 14.8 Å². The van der Waals surface area contributed by atoms with Gasteiger partial charge in [0.1, 0.15) is 11.5 Å². The van der Waals surface area contributed by atoms with E-state index >= 15 is 0 Å². The normalized spacial score (nSPS) is 13.4. The number of thioether (sulfide) groups is 1. The smallest absolute Gasteiger partial charge is 0.330 e. The van der Waals surface area contributed by atoms with Gasteiger partial charge in [-0.3, -0.25) is 4.79 Å². The van der Waals surface area contributed by atoms with Crippen LogP contribution in [0.5, 0.6) is 11.5 Å². The van der Waals surface area contributed by atoms with Gasteiger partial charge < -0.3 is 19.9 Å². The first kappa shape index (κ1) is 19.1. The molecule has 1 unspecified atom stereocenters. The maximum absolute atomic E-state index is 12.2. The van der Waals surface area contributed by atoms with E-state index in [1.165, 1.54) is 11.8 Å². The standard InChI is InChI=1S/C20H21NO5S/c1-25-15-3-5-16(6-4-15)27-11-9-18(22)21-19(20(23)24)14-2-7-17-13(12-14)8-10-26-17/h2-7,12,19H,8-11H2,1H3,(H,21,22)(H,23,24). The maximum atomic E-state index is 12.2. The third-order valence-corrected chi connectivity index (χ3v) is 5.27. The Balaban J connectivity index is 1.54. The molecule has 0 fully saturated rings. The Hall–Kier alpha value is -2.67. The fourth-order valence-electron chi connectivity index (χ4n) is 2.84. The Kier molecular flexibility index (Phi) is 6.24. The molecule has 27 heavy (non-hydrogen) atoms. The molecule has 2 N–H and O–H groups in total. The number of carbonyl (C=O) groups is 2. The van der Waals surface area contributed by atoms with Crippen molar-refractivity contribution < 1.29 is 24.2 Å². The second-order valence-corrected chi connectivity index (χ2v) is 7.25. The largest absolute Gasteiger partial charge is 0.497 e. The molecule has 0 saturated carbocycles. The van der Waals surface area contributed by atoms with Crippen LogP contribution in [0, 0.1) is 0 Å². The number of benzene rings is 2. The summed E-state index contributed by atoms with van der Waals surface area (Å²) in [6, 6.07) is 11.8. The van der Waals surface area contributed by atoms with E-state index in [2.05, 4.69) is 5.32 Å². The van der Waals surface area contributed by atoms with Crippen LogP contribution in [0.25, 0.3) is 0 Å². The Bertz CT molecular complexity index is 822. The summed E-state index contributed by atoms with van der Waals surface area (Å²) in [7, 11) is 1.61. The first-order chi connectivity index (χ1) is 13.1. The van der Waals surface area contributed by atoms with E-state index in [0.29, 0.717) is 17.9 Å². The Labute approximate surface area is 161 Å². The van der Waals surface area contributed by atoms with Gasteiger partial charge in [0, 0.05) is 23.5 Å². The zero-order chi connectivity index (χ0) is 19.2. The van der Waals surface area contributed by atoms with E-state index in [0.717, 1.165) is 28.4 Å². The monoisotopic (exact) mass is 387 g/mol. The Morgan fingerprint density at radius 3 is 2.74 bits per heavy atom. The summed E-state index contributed by atoms with van der Waals surface area (Å²) in [6.07, 6.45) is 0.983. The zero-order valence-electron chi connectivity index (χ0n) is 14.9. The molecular weight excluding hydrogens is 366 g/mol. The molecule has 1 atom stereocenters. The molecule has 1 aliphatic rings. The number of carbonyl (C=O) groups excluding carboxylic acids is 1. The van der Waals surface area contributed by atoms with Crippen molar-refractivity contribution in [1.82, 2.24) is 5.32 Å². The third-order valence-electron chi connectivity index (χ3n) is 4.26. The number of methoxy groups -OCH3 is 1. The summed E-state index contributed by atoms with van der Waals surface area (Å²) < 4.78 is 10.6. The van der Waals surface area contributed by atoms with Gasteiger partial charge in [0.15, 0.2) is 6.04 Å². The van der Waals surface area contributed by atoms with Crippen LogP contribution in [0.4, 0.5) is 0 Å². The molecule has 0 radical (unpaired) electrons. The summed E-state index contributed by atoms with van der Waals surface area (Å²) in [5, 5.41) is 12.1. The van der Waals surface area contributed by atoms with Gasteiger partial charge in [-0.25, -0.2) is 4.79 Å². The van der Waals surface area contributed by atoms with Crippen LogP contribution in [0.1, 0.15) is 23.6 Å². The van der Waals surface area contributed by atoms with Crippen molar-refractivity contribution in [1.29, 1.82) is 0 Å². The highest BCUT2D eigenvalue weighted by Gasteiger charge is 2.24. The molecule has 7 heteroatoms. The lowest BCUT2D eigenvalue weighted by Crippen LogP contribution is -2.33. The molecule has 0 saturated heterocycles. The van der Waals surface area contributed by atoms with E-state index in [-0.39, 0.29) is 12.3 Å². The molecule has 1 heterocycles. The summed E-state index contributed by atoms with van der Waals surface area (Å²) in [4.78, 5) is 24.9. The molecule has 0 bridgehead atoms. The highest BCUT2D eigenvalue weighted by atomic mass is 32.2. The molecular formula is C20H21NO5S. The number of carboxylic acid groups (broad SMARTS) is 1. The quantitative estimate of drug-likeness (QED) is 0.677. The summed E-state index contributed by atoms with van der Waals surface area (Å²) in [5.41, 5.74) is 1.53. The number of hydrogen-bond donors (Lipinski definition) is 2. The first-order valence-electron chi connectivity index (χ1n) is 8.61. The number of carboxylic acids is 1. The predicted molar refractivity (Wildman–Crippen MR) is 102 cm³/mol. The molecule has 142 valence electrons. The predicted octanol–water partition coefficient (Wildman–Crippen LogP) is 3.05. The van der Waals surface area contributed by atoms with E-state index in [1.54, 1.807) is 25.3 Å². The SMILES string of the molecule is COc1ccc(SCCC(=O)NC(C(=O)O)c2ccc3c(c2)CCO3)cc1. The van der Waals surface area contributed by atoms with Crippen molar-refractivity contribution in [2.75, 3.05) is 19.5 Å². The second kappa shape index (κ2) is 8.81. The molecule has 0 spiro atoms. The topological polar surface area (TPSA) is 84.9 Å². The van der Waals surface area contributed by atoms with Crippen LogP contribution in [0.15, 0.2) is 47.4 Å². The van der Waals surface area contributed by atoms with Crippen molar-refractivity contribution in [3.05, 3.63) is 53.6 Å². The number of aliphatic carboxylic acids is 1. The number of fused-ring (bicyclic) bond motifs is 1. The zero-order valence-corrected chi connectivity index (χ0v) is 15.8. The highest BCUT2D eigenvalue weighted by molar-refractivity contribution is 7.99. The van der Waals surface area contributed by atoms with Crippen molar-refractivity contribution >= 4 is 23.6 Å². The first-order valence-corrected chi connectivity index (χ1v) is 9.60. The second-order valence-electron chi connectivity index (χ2n) is 6.08. The fourth-order valence-corrected chi connectivity index (χ4v) is 3.69. The van der Waals surface area contributed by atoms with Gasteiger partial charge in [0.05, 0.1) is 13.7 Å². The van der Waals surface area contributed by atoms with Gasteiger partial charge in [0.2, 0.25) is 5.91 Å². The Morgan fingerprint density at radius 1 is 1.26 bits per heavy atom. The van der Waals surface area contributed by atoms with Gasteiger partial charge in [-0.15, -0.1) is 11.8 Å². The molecule has 1 amide bonds. The lowest BCUT2D eigenvalue weighted by Gasteiger charge is -2.16. The molecule has 2 aromatic carbocycles. The van der Waals surface area contributed by atoms with Crippen molar-refractivity contribution in [2.24, 2.45) is 0 Å². The third kappa shape index (κ3) is 4.95. The summed E-state index contributed by atoms with van der Waals surface area (Å²) in [6.45, 7) is 0.603.